The van der Waals surface area contributed by atoms with E-state index in [9.17, 15) is 5.11 Å². The molecule has 1 saturated heterocycles. The summed E-state index contributed by atoms with van der Waals surface area (Å²) in [6.07, 6.45) is 5.49. The molecule has 144 valence electrons. The number of nitrogens with one attached hydrogen (secondary N) is 2. The highest BCUT2D eigenvalue weighted by Crippen LogP contribution is 2.09. The summed E-state index contributed by atoms with van der Waals surface area (Å²) in [5.41, 5.74) is -0.857. The van der Waals surface area contributed by atoms with Crippen LogP contribution in [-0.2, 0) is 11.3 Å². The summed E-state index contributed by atoms with van der Waals surface area (Å²) < 4.78 is 7.35. The zero-order chi connectivity index (χ0) is 17.3. The Hall–Kier alpha value is -0.910. The van der Waals surface area contributed by atoms with Crippen LogP contribution in [0, 0.1) is 0 Å². The molecular formula is C16H31IN6O2. The quantitative estimate of drug-likeness (QED) is 0.287. The molecule has 8 nitrogen and oxygen atoms in total. The average Bonchev–Trinajstić information content (AvgIpc) is 3.06. The summed E-state index contributed by atoms with van der Waals surface area (Å²) in [6, 6.07) is 0. The van der Waals surface area contributed by atoms with Gasteiger partial charge in [-0.25, -0.2) is 4.98 Å². The Labute approximate surface area is 167 Å². The second kappa shape index (κ2) is 11.7. The summed E-state index contributed by atoms with van der Waals surface area (Å²) in [5, 5.41) is 17.1. The van der Waals surface area contributed by atoms with E-state index in [1.54, 1.807) is 12.5 Å². The van der Waals surface area contributed by atoms with Gasteiger partial charge in [0.15, 0.2) is 5.96 Å². The molecule has 1 aliphatic rings. The van der Waals surface area contributed by atoms with Crippen molar-refractivity contribution in [2.75, 3.05) is 52.5 Å². The van der Waals surface area contributed by atoms with Crippen molar-refractivity contribution in [1.82, 2.24) is 25.1 Å². The highest BCUT2D eigenvalue weighted by molar-refractivity contribution is 14.0. The number of halogens is 1. The summed E-state index contributed by atoms with van der Waals surface area (Å²) in [6.45, 7) is 10.4. The molecule has 1 unspecified atom stereocenters. The molecule has 0 bridgehead atoms. The van der Waals surface area contributed by atoms with E-state index in [1.165, 1.54) is 0 Å². The lowest BCUT2D eigenvalue weighted by molar-refractivity contribution is -0.0179. The Kier molecular flexibility index (Phi) is 10.3. The van der Waals surface area contributed by atoms with Crippen LogP contribution in [0.3, 0.4) is 0 Å². The molecule has 0 saturated carbocycles. The van der Waals surface area contributed by atoms with Crippen LogP contribution in [0.2, 0.25) is 0 Å². The largest absolute Gasteiger partial charge is 0.387 e. The van der Waals surface area contributed by atoms with Crippen molar-refractivity contribution in [2.24, 2.45) is 4.99 Å². The Balaban J connectivity index is 0.00000312. The molecule has 9 heteroatoms. The maximum Gasteiger partial charge on any atom is 0.191 e. The van der Waals surface area contributed by atoms with Crippen molar-refractivity contribution in [2.45, 2.75) is 26.0 Å². The third-order valence-corrected chi connectivity index (χ3v) is 3.81. The molecule has 0 spiro atoms. The first-order chi connectivity index (χ1) is 11.6. The molecule has 0 radical (unpaired) electrons. The number of ether oxygens (including phenoxy) is 1. The van der Waals surface area contributed by atoms with Crippen LogP contribution in [0.1, 0.15) is 13.8 Å². The second-order valence-electron chi connectivity index (χ2n) is 6.31. The first-order valence-electron chi connectivity index (χ1n) is 8.59. The number of morpholine rings is 1. The van der Waals surface area contributed by atoms with E-state index in [-0.39, 0.29) is 24.0 Å². The topological polar surface area (TPSA) is 86.9 Å². The fourth-order valence-corrected chi connectivity index (χ4v) is 2.60. The van der Waals surface area contributed by atoms with Crippen molar-refractivity contribution >= 4 is 29.9 Å². The minimum absolute atomic E-state index is 0. The molecule has 2 heterocycles. The van der Waals surface area contributed by atoms with Crippen LogP contribution in [0.5, 0.6) is 0 Å². The van der Waals surface area contributed by atoms with Crippen LogP contribution < -0.4 is 10.6 Å². The Bertz CT molecular complexity index is 489. The number of rotatable bonds is 8. The van der Waals surface area contributed by atoms with Gasteiger partial charge < -0.3 is 25.0 Å². The zero-order valence-corrected chi connectivity index (χ0v) is 17.5. The highest BCUT2D eigenvalue weighted by Gasteiger charge is 2.25. The maximum atomic E-state index is 10.6. The van der Waals surface area contributed by atoms with E-state index in [1.807, 2.05) is 24.6 Å². The molecule has 2 rings (SSSR count). The van der Waals surface area contributed by atoms with Gasteiger partial charge in [0.05, 0.1) is 31.7 Å². The summed E-state index contributed by atoms with van der Waals surface area (Å²) in [4.78, 5) is 10.8. The van der Waals surface area contributed by atoms with E-state index in [2.05, 4.69) is 25.5 Å². The molecule has 1 atom stereocenters. The van der Waals surface area contributed by atoms with Crippen LogP contribution in [0.25, 0.3) is 0 Å². The van der Waals surface area contributed by atoms with Crippen LogP contribution in [-0.4, -0.2) is 83.6 Å². The average molecular weight is 466 g/mol. The number of aliphatic imine (C=N–C) groups is 1. The van der Waals surface area contributed by atoms with Gasteiger partial charge in [-0.15, -0.1) is 24.0 Å². The first kappa shape index (κ1) is 22.1. The monoisotopic (exact) mass is 466 g/mol. The lowest BCUT2D eigenvalue weighted by Crippen LogP contribution is -2.48. The fraction of sp³-hybridized carbons (Fsp3) is 0.750. The predicted octanol–water partition coefficient (Wildman–Crippen LogP) is 0.139. The van der Waals surface area contributed by atoms with E-state index in [4.69, 9.17) is 4.74 Å². The number of hydrogen-bond donors (Lipinski definition) is 3. The SMILES string of the molecule is CCNC(=NCC(C)(O)CN1CCOCC1)NCCn1ccnc1.I. The van der Waals surface area contributed by atoms with Gasteiger partial charge in [0.25, 0.3) is 0 Å². The maximum absolute atomic E-state index is 10.6. The van der Waals surface area contributed by atoms with Gasteiger partial charge in [-0.2, -0.15) is 0 Å². The molecule has 3 N–H and O–H groups in total. The van der Waals surface area contributed by atoms with Gasteiger partial charge in [-0.05, 0) is 13.8 Å². The van der Waals surface area contributed by atoms with Crippen molar-refractivity contribution in [3.63, 3.8) is 0 Å². The molecule has 25 heavy (non-hydrogen) atoms. The number of aromatic nitrogens is 2. The van der Waals surface area contributed by atoms with Crippen molar-refractivity contribution in [3.8, 4) is 0 Å². The van der Waals surface area contributed by atoms with Gasteiger partial charge in [0, 0.05) is 51.7 Å². The summed E-state index contributed by atoms with van der Waals surface area (Å²) in [7, 11) is 0. The predicted molar refractivity (Wildman–Crippen MR) is 110 cm³/mol. The molecule has 1 aliphatic heterocycles. The van der Waals surface area contributed by atoms with Crippen LogP contribution >= 0.6 is 24.0 Å². The number of aliphatic hydroxyl groups is 1. The Morgan fingerprint density at radius 2 is 2.12 bits per heavy atom. The molecule has 0 aliphatic carbocycles. The number of imidazole rings is 1. The first-order valence-corrected chi connectivity index (χ1v) is 8.59. The van der Waals surface area contributed by atoms with E-state index >= 15 is 0 Å². The fourth-order valence-electron chi connectivity index (χ4n) is 2.60. The minimum Gasteiger partial charge on any atom is -0.387 e. The summed E-state index contributed by atoms with van der Waals surface area (Å²) in [5.74, 6) is 0.722. The normalized spacial score (nSPS) is 18.3. The third kappa shape index (κ3) is 8.84. The van der Waals surface area contributed by atoms with Crippen molar-refractivity contribution < 1.29 is 9.84 Å². The Morgan fingerprint density at radius 1 is 1.36 bits per heavy atom. The highest BCUT2D eigenvalue weighted by atomic mass is 127. The van der Waals surface area contributed by atoms with Gasteiger partial charge in [0.2, 0.25) is 0 Å². The van der Waals surface area contributed by atoms with Gasteiger partial charge in [-0.3, -0.25) is 9.89 Å². The molecule has 1 aromatic rings. The van der Waals surface area contributed by atoms with Crippen LogP contribution in [0.15, 0.2) is 23.7 Å². The van der Waals surface area contributed by atoms with E-state index in [0.717, 1.165) is 51.9 Å². The smallest absolute Gasteiger partial charge is 0.191 e. The molecule has 0 amide bonds. The van der Waals surface area contributed by atoms with Crippen molar-refractivity contribution in [3.05, 3.63) is 18.7 Å². The van der Waals surface area contributed by atoms with Crippen molar-refractivity contribution in [1.29, 1.82) is 0 Å². The number of guanidine groups is 1. The molecule has 1 aromatic heterocycles. The standard InChI is InChI=1S/C16H30N6O2.HI/c1-3-18-15(19-5-7-22-6-4-17-14-22)20-12-16(2,23)13-21-8-10-24-11-9-21;/h4,6,14,23H,3,5,7-13H2,1-2H3,(H2,18,19,20);1H. The lowest BCUT2D eigenvalue weighted by atomic mass is 10.1. The van der Waals surface area contributed by atoms with E-state index in [0.29, 0.717) is 13.1 Å². The lowest BCUT2D eigenvalue weighted by Gasteiger charge is -2.33. The Morgan fingerprint density at radius 3 is 2.76 bits per heavy atom. The van der Waals surface area contributed by atoms with Gasteiger partial charge >= 0.3 is 0 Å². The molecule has 0 aromatic carbocycles. The number of hydrogen-bond acceptors (Lipinski definition) is 5. The number of nitrogens with zero attached hydrogens (tertiary/aromatic N) is 4. The number of β-amino-alcohol motifs (C(OH)–C–C–N with tert-alkyl or cyclic N) is 1. The second-order valence-corrected chi connectivity index (χ2v) is 6.31. The third-order valence-electron chi connectivity index (χ3n) is 3.81. The molecular weight excluding hydrogens is 435 g/mol. The van der Waals surface area contributed by atoms with Gasteiger partial charge in [0.1, 0.15) is 0 Å². The van der Waals surface area contributed by atoms with Crippen LogP contribution in [0.4, 0.5) is 0 Å². The summed E-state index contributed by atoms with van der Waals surface area (Å²) >= 11 is 0. The van der Waals surface area contributed by atoms with E-state index < -0.39 is 5.60 Å². The minimum atomic E-state index is -0.857. The zero-order valence-electron chi connectivity index (χ0n) is 15.1. The van der Waals surface area contributed by atoms with Gasteiger partial charge in [-0.1, -0.05) is 0 Å². The molecule has 1 fully saturated rings.